The molecule has 1 fully saturated rings. The van der Waals surface area contributed by atoms with Gasteiger partial charge in [0.15, 0.2) is 0 Å². The molecule has 0 bridgehead atoms. The average Bonchev–Trinajstić information content (AvgIpc) is 2.73. The number of nitrogens with one attached hydrogen (secondary N) is 1. The van der Waals surface area contributed by atoms with Crippen LogP contribution in [0.4, 0.5) is 0 Å². The highest BCUT2D eigenvalue weighted by molar-refractivity contribution is 7.88. The Morgan fingerprint density at radius 1 is 1.44 bits per heavy atom. The lowest BCUT2D eigenvalue weighted by atomic mass is 10.3. The first-order chi connectivity index (χ1) is 8.37. The van der Waals surface area contributed by atoms with Crippen molar-refractivity contribution in [2.45, 2.75) is 38.6 Å². The van der Waals surface area contributed by atoms with E-state index in [2.05, 4.69) is 4.72 Å². The van der Waals surface area contributed by atoms with Crippen LogP contribution in [0.2, 0.25) is 0 Å². The van der Waals surface area contributed by atoms with Gasteiger partial charge in [0.1, 0.15) is 0 Å². The van der Waals surface area contributed by atoms with E-state index in [9.17, 15) is 8.42 Å². The van der Waals surface area contributed by atoms with Crippen LogP contribution < -0.4 is 4.72 Å². The summed E-state index contributed by atoms with van der Waals surface area (Å²) in [6.45, 7) is 5.74. The molecule has 2 atom stereocenters. The van der Waals surface area contributed by atoms with E-state index >= 15 is 0 Å². The normalized spacial score (nSPS) is 22.6. The van der Waals surface area contributed by atoms with Crippen LogP contribution in [0.15, 0.2) is 0 Å². The quantitative estimate of drug-likeness (QED) is 0.685. The largest absolute Gasteiger partial charge is 0.379 e. The van der Waals surface area contributed by atoms with Gasteiger partial charge < -0.3 is 14.2 Å². The molecule has 0 radical (unpaired) electrons. The van der Waals surface area contributed by atoms with Crippen molar-refractivity contribution in [1.82, 2.24) is 4.72 Å². The van der Waals surface area contributed by atoms with Crippen LogP contribution in [0.25, 0.3) is 0 Å². The number of hydrogen-bond donors (Lipinski definition) is 1. The first kappa shape index (κ1) is 15.8. The molecule has 1 aliphatic rings. The fourth-order valence-electron chi connectivity index (χ4n) is 1.66. The van der Waals surface area contributed by atoms with Crippen molar-refractivity contribution >= 4 is 10.0 Å². The summed E-state index contributed by atoms with van der Waals surface area (Å²) in [4.78, 5) is 0. The Bertz CT molecular complexity index is 324. The molecule has 1 saturated heterocycles. The summed E-state index contributed by atoms with van der Waals surface area (Å²) in [6.07, 6.45) is 1.86. The van der Waals surface area contributed by atoms with Crippen LogP contribution in [0.5, 0.6) is 0 Å². The molecular weight excluding hydrogens is 258 g/mol. The maximum atomic E-state index is 11.1. The summed E-state index contributed by atoms with van der Waals surface area (Å²) in [5.74, 6) is 0. The van der Waals surface area contributed by atoms with Gasteiger partial charge >= 0.3 is 0 Å². The van der Waals surface area contributed by atoms with E-state index in [1.807, 2.05) is 13.8 Å². The third-order valence-electron chi connectivity index (χ3n) is 2.44. The Labute approximate surface area is 109 Å². The highest BCUT2D eigenvalue weighted by Gasteiger charge is 2.20. The maximum Gasteiger partial charge on any atom is 0.208 e. The molecule has 1 aliphatic heterocycles. The van der Waals surface area contributed by atoms with Crippen molar-refractivity contribution in [3.05, 3.63) is 0 Å². The number of hydrogen-bond acceptors (Lipinski definition) is 5. The van der Waals surface area contributed by atoms with E-state index in [0.717, 1.165) is 19.3 Å². The molecule has 0 spiro atoms. The van der Waals surface area contributed by atoms with E-state index in [-0.39, 0.29) is 24.9 Å². The summed E-state index contributed by atoms with van der Waals surface area (Å²) in [7, 11) is -3.20. The van der Waals surface area contributed by atoms with Crippen LogP contribution in [-0.2, 0) is 24.2 Å². The van der Waals surface area contributed by atoms with Crippen LogP contribution >= 0.6 is 0 Å². The predicted molar refractivity (Wildman–Crippen MR) is 68.0 cm³/mol. The number of ether oxygens (including phenoxy) is 3. The molecule has 1 rings (SSSR count). The van der Waals surface area contributed by atoms with Crippen LogP contribution in [0, 0.1) is 0 Å². The number of sulfonamides is 1. The maximum absolute atomic E-state index is 11.1. The fourth-order valence-corrected chi connectivity index (χ4v) is 2.15. The second-order valence-electron chi connectivity index (χ2n) is 4.75. The summed E-state index contributed by atoms with van der Waals surface area (Å²) < 4.78 is 41.0. The lowest BCUT2D eigenvalue weighted by Crippen LogP contribution is -2.38. The smallest absolute Gasteiger partial charge is 0.208 e. The molecule has 0 aliphatic carbocycles. The Kier molecular flexibility index (Phi) is 6.51. The van der Waals surface area contributed by atoms with Gasteiger partial charge in [0.05, 0.1) is 37.8 Å². The molecule has 1 N–H and O–H groups in total. The van der Waals surface area contributed by atoms with Crippen LogP contribution in [-0.4, -0.2) is 59.4 Å². The Morgan fingerprint density at radius 3 is 2.67 bits per heavy atom. The SMILES string of the molecule is CC(C)O[C@@H](CNS(C)(=O)=O)CO[C@@H]1CCOC1. The molecule has 0 aromatic rings. The lowest BCUT2D eigenvalue weighted by Gasteiger charge is -2.22. The molecule has 0 aromatic heterocycles. The van der Waals surface area contributed by atoms with E-state index in [1.54, 1.807) is 0 Å². The summed E-state index contributed by atoms with van der Waals surface area (Å²) in [5.41, 5.74) is 0. The number of rotatable bonds is 8. The Balaban J connectivity index is 2.34. The Morgan fingerprint density at radius 2 is 2.17 bits per heavy atom. The molecule has 6 nitrogen and oxygen atoms in total. The summed E-state index contributed by atoms with van der Waals surface area (Å²) >= 11 is 0. The van der Waals surface area contributed by atoms with Gasteiger partial charge in [0.25, 0.3) is 0 Å². The minimum atomic E-state index is -3.20. The van der Waals surface area contributed by atoms with E-state index in [0.29, 0.717) is 13.2 Å². The van der Waals surface area contributed by atoms with Crippen molar-refractivity contribution in [2.75, 3.05) is 32.6 Å². The van der Waals surface area contributed by atoms with E-state index < -0.39 is 10.0 Å². The average molecular weight is 281 g/mol. The van der Waals surface area contributed by atoms with Gasteiger partial charge in [-0.25, -0.2) is 13.1 Å². The van der Waals surface area contributed by atoms with Gasteiger partial charge in [-0.05, 0) is 20.3 Å². The molecule has 0 amide bonds. The molecule has 1 heterocycles. The first-order valence-electron chi connectivity index (χ1n) is 6.16. The lowest BCUT2D eigenvalue weighted by molar-refractivity contribution is -0.0626. The molecule has 0 unspecified atom stereocenters. The van der Waals surface area contributed by atoms with Gasteiger partial charge in [-0.3, -0.25) is 0 Å². The summed E-state index contributed by atoms with van der Waals surface area (Å²) in [5, 5.41) is 0. The van der Waals surface area contributed by atoms with Gasteiger partial charge in [-0.15, -0.1) is 0 Å². The second-order valence-corrected chi connectivity index (χ2v) is 6.58. The van der Waals surface area contributed by atoms with Gasteiger partial charge in [-0.2, -0.15) is 0 Å². The monoisotopic (exact) mass is 281 g/mol. The first-order valence-corrected chi connectivity index (χ1v) is 8.05. The van der Waals surface area contributed by atoms with Gasteiger partial charge in [0.2, 0.25) is 10.0 Å². The highest BCUT2D eigenvalue weighted by atomic mass is 32.2. The second kappa shape index (κ2) is 7.40. The van der Waals surface area contributed by atoms with E-state index in [1.165, 1.54) is 0 Å². The fraction of sp³-hybridized carbons (Fsp3) is 1.00. The third-order valence-corrected chi connectivity index (χ3v) is 3.13. The summed E-state index contributed by atoms with van der Waals surface area (Å²) in [6, 6.07) is 0. The van der Waals surface area contributed by atoms with Crippen molar-refractivity contribution < 1.29 is 22.6 Å². The van der Waals surface area contributed by atoms with Crippen molar-refractivity contribution in [3.63, 3.8) is 0 Å². The standard InChI is InChI=1S/C11H23NO5S/c1-9(2)17-11(6-12-18(3,13)14)8-16-10-4-5-15-7-10/h9-12H,4-8H2,1-3H3/t10-,11+/m1/s1. The topological polar surface area (TPSA) is 73.9 Å². The third kappa shape index (κ3) is 7.27. The molecule has 108 valence electrons. The zero-order valence-electron chi connectivity index (χ0n) is 11.2. The zero-order valence-corrected chi connectivity index (χ0v) is 12.0. The van der Waals surface area contributed by atoms with Crippen molar-refractivity contribution in [3.8, 4) is 0 Å². The molecule has 18 heavy (non-hydrogen) atoms. The molecule has 0 saturated carbocycles. The highest BCUT2D eigenvalue weighted by Crippen LogP contribution is 2.09. The molecule has 7 heteroatoms. The van der Waals surface area contributed by atoms with Crippen LogP contribution in [0.3, 0.4) is 0 Å². The van der Waals surface area contributed by atoms with Crippen molar-refractivity contribution in [1.29, 1.82) is 0 Å². The van der Waals surface area contributed by atoms with Crippen molar-refractivity contribution in [2.24, 2.45) is 0 Å². The Hall–Kier alpha value is -0.210. The van der Waals surface area contributed by atoms with Gasteiger partial charge in [0, 0.05) is 13.2 Å². The molecule has 0 aromatic carbocycles. The predicted octanol–water partition coefficient (Wildman–Crippen LogP) is 0.135. The molecular formula is C11H23NO5S. The van der Waals surface area contributed by atoms with Gasteiger partial charge in [-0.1, -0.05) is 0 Å². The minimum absolute atomic E-state index is 0.0276. The van der Waals surface area contributed by atoms with E-state index in [4.69, 9.17) is 14.2 Å². The minimum Gasteiger partial charge on any atom is -0.379 e. The zero-order chi connectivity index (χ0) is 13.6. The van der Waals surface area contributed by atoms with Crippen LogP contribution in [0.1, 0.15) is 20.3 Å².